The Morgan fingerprint density at radius 2 is 1.71 bits per heavy atom. The van der Waals surface area contributed by atoms with E-state index in [4.69, 9.17) is 20.9 Å². The van der Waals surface area contributed by atoms with Crippen LogP contribution in [0.1, 0.15) is 79.7 Å². The molecular weight excluding hydrogens is 626 g/mol. The third kappa shape index (κ3) is 10.8. The molecule has 5 N–H and O–H groups in total. The summed E-state index contributed by atoms with van der Waals surface area (Å²) >= 11 is 0. The fraction of sp³-hybridized carbons (Fsp3) is 0.750. The molecule has 0 aromatic carbocycles. The van der Waals surface area contributed by atoms with Gasteiger partial charge in [0.1, 0.15) is 11.9 Å². The Balaban J connectivity index is 2.30. The average Bonchev–Trinajstić information content (AvgIpc) is 3.52. The summed E-state index contributed by atoms with van der Waals surface area (Å²) in [6, 6.07) is 1.60. The number of carbonyl (C=O) groups is 4. The molecule has 0 bridgehead atoms. The van der Waals surface area contributed by atoms with Crippen LogP contribution in [0.3, 0.4) is 0 Å². The first-order chi connectivity index (χ1) is 23.0. The molecule has 1 saturated heterocycles. The molecule has 1 aliphatic heterocycles. The van der Waals surface area contributed by atoms with E-state index in [2.05, 4.69) is 10.3 Å². The van der Waals surface area contributed by atoms with Crippen molar-refractivity contribution in [1.29, 1.82) is 0 Å². The smallest absolute Gasteiger partial charge is 0.245 e. The molecule has 8 atom stereocenters. The predicted octanol–water partition coefficient (Wildman–Crippen LogP) is 2.67. The SMILES string of the molecule is CC[C@H](C)[C@@H]([C@@H](CC(=O)N1CCC[C@H]1[C@H](OC)[C@@H](C)C(N)=O)OC)N(C)C(=O)[C@@H](NC(=O)[C@H](C(C)C)N(C)Cc1ccnc(N)c1)C(C)C. The number of nitrogens with one attached hydrogen (secondary N) is 1. The molecule has 1 aromatic heterocycles. The first-order valence-electron chi connectivity index (χ1n) is 17.6. The minimum Gasteiger partial charge on any atom is -0.384 e. The number of anilines is 1. The molecule has 0 radical (unpaired) electrons. The predicted molar refractivity (Wildman–Crippen MR) is 191 cm³/mol. The van der Waals surface area contributed by atoms with Crippen LogP contribution in [-0.4, -0.2) is 115 Å². The summed E-state index contributed by atoms with van der Waals surface area (Å²) in [6.07, 6.45) is 2.77. The quantitative estimate of drug-likeness (QED) is 0.197. The van der Waals surface area contributed by atoms with E-state index in [-0.39, 0.29) is 47.9 Å². The van der Waals surface area contributed by atoms with Gasteiger partial charge in [-0.25, -0.2) is 4.98 Å². The fourth-order valence-electron chi connectivity index (χ4n) is 7.28. The summed E-state index contributed by atoms with van der Waals surface area (Å²) < 4.78 is 11.7. The Bertz CT molecular complexity index is 1250. The lowest BCUT2D eigenvalue weighted by Crippen LogP contribution is -2.60. The van der Waals surface area contributed by atoms with Gasteiger partial charge in [0.05, 0.1) is 42.7 Å². The lowest BCUT2D eigenvalue weighted by Gasteiger charge is -2.41. The molecule has 0 unspecified atom stereocenters. The van der Waals surface area contributed by atoms with Gasteiger partial charge < -0.3 is 36.1 Å². The molecule has 4 amide bonds. The van der Waals surface area contributed by atoms with Crippen molar-refractivity contribution in [2.24, 2.45) is 29.4 Å². The van der Waals surface area contributed by atoms with Crippen molar-refractivity contribution in [2.75, 3.05) is 40.6 Å². The zero-order chi connectivity index (χ0) is 37.2. The summed E-state index contributed by atoms with van der Waals surface area (Å²) in [5, 5.41) is 3.08. The third-order valence-corrected chi connectivity index (χ3v) is 10.2. The van der Waals surface area contributed by atoms with Crippen LogP contribution in [0.5, 0.6) is 0 Å². The first kappa shape index (κ1) is 41.9. The molecule has 2 heterocycles. The number of primary amides is 1. The van der Waals surface area contributed by atoms with Gasteiger partial charge in [0, 0.05) is 40.6 Å². The Morgan fingerprint density at radius 1 is 1.06 bits per heavy atom. The van der Waals surface area contributed by atoms with Crippen LogP contribution in [0.15, 0.2) is 18.3 Å². The summed E-state index contributed by atoms with van der Waals surface area (Å²) in [4.78, 5) is 63.5. The second-order valence-electron chi connectivity index (χ2n) is 14.4. The van der Waals surface area contributed by atoms with Crippen molar-refractivity contribution >= 4 is 29.4 Å². The molecule has 1 aliphatic rings. The van der Waals surface area contributed by atoms with Crippen LogP contribution in [0.25, 0.3) is 0 Å². The zero-order valence-corrected chi connectivity index (χ0v) is 31.6. The number of likely N-dealkylation sites (tertiary alicyclic amines) is 1. The van der Waals surface area contributed by atoms with Gasteiger partial charge in [-0.15, -0.1) is 0 Å². The number of nitrogens with two attached hydrogens (primary N) is 2. The van der Waals surface area contributed by atoms with Crippen LogP contribution in [0.4, 0.5) is 5.82 Å². The van der Waals surface area contributed by atoms with Crippen molar-refractivity contribution < 1.29 is 28.7 Å². The van der Waals surface area contributed by atoms with E-state index < -0.39 is 42.2 Å². The molecule has 2 rings (SSSR count). The molecule has 13 nitrogen and oxygen atoms in total. The van der Waals surface area contributed by atoms with Crippen LogP contribution < -0.4 is 16.8 Å². The van der Waals surface area contributed by atoms with Gasteiger partial charge in [0.2, 0.25) is 23.6 Å². The molecule has 0 spiro atoms. The van der Waals surface area contributed by atoms with Gasteiger partial charge in [0.25, 0.3) is 0 Å². The fourth-order valence-corrected chi connectivity index (χ4v) is 7.28. The number of methoxy groups -OCH3 is 2. The standard InChI is InChI=1S/C36H63N7O6/c1-12-23(6)32(27(48-10)19-29(44)43-17-13-14-26(43)33(49-11)24(7)34(38)45)42(9)36(47)30(21(2)3)40-35(46)31(22(4)5)41(8)20-25-15-16-39-28(37)18-25/h15-16,18,21-24,26-27,30-33H,12-14,17,19-20H2,1-11H3,(H2,37,39)(H2,38,45)(H,40,46)/t23-,24+,26-,27+,30-,31-,32-,33+/m0/s1. The van der Waals surface area contributed by atoms with Gasteiger partial charge >= 0.3 is 0 Å². The second kappa shape index (κ2) is 19.2. The number of ether oxygens (including phenoxy) is 2. The van der Waals surface area contributed by atoms with E-state index in [0.29, 0.717) is 25.3 Å². The van der Waals surface area contributed by atoms with E-state index in [1.54, 1.807) is 43.1 Å². The molecule has 0 saturated carbocycles. The van der Waals surface area contributed by atoms with Gasteiger partial charge in [-0.3, -0.25) is 24.1 Å². The van der Waals surface area contributed by atoms with Gasteiger partial charge in [-0.1, -0.05) is 54.9 Å². The number of carbonyl (C=O) groups excluding carboxylic acids is 4. The van der Waals surface area contributed by atoms with Crippen LogP contribution >= 0.6 is 0 Å². The van der Waals surface area contributed by atoms with Crippen LogP contribution in [0, 0.1) is 23.7 Å². The number of nitrogen functional groups attached to an aromatic ring is 1. The minimum absolute atomic E-state index is 0.0199. The van der Waals surface area contributed by atoms with E-state index >= 15 is 0 Å². The highest BCUT2D eigenvalue weighted by Crippen LogP contribution is 2.29. The Morgan fingerprint density at radius 3 is 2.22 bits per heavy atom. The Hall–Kier alpha value is -3.29. The number of nitrogens with zero attached hydrogens (tertiary/aromatic N) is 4. The molecule has 0 aliphatic carbocycles. The van der Waals surface area contributed by atoms with E-state index in [0.717, 1.165) is 18.4 Å². The van der Waals surface area contributed by atoms with Crippen molar-refractivity contribution in [3.8, 4) is 0 Å². The van der Waals surface area contributed by atoms with Crippen molar-refractivity contribution in [2.45, 2.75) is 117 Å². The van der Waals surface area contributed by atoms with Gasteiger partial charge in [-0.2, -0.15) is 0 Å². The van der Waals surface area contributed by atoms with Crippen LogP contribution in [-0.2, 0) is 35.2 Å². The first-order valence-corrected chi connectivity index (χ1v) is 17.6. The topological polar surface area (TPSA) is 173 Å². The highest BCUT2D eigenvalue weighted by atomic mass is 16.5. The number of rotatable bonds is 19. The maximum Gasteiger partial charge on any atom is 0.245 e. The number of aromatic nitrogens is 1. The monoisotopic (exact) mass is 689 g/mol. The maximum absolute atomic E-state index is 14.3. The second-order valence-corrected chi connectivity index (χ2v) is 14.4. The van der Waals surface area contributed by atoms with Gasteiger partial charge in [-0.05, 0) is 55.3 Å². The Labute approximate surface area is 293 Å². The minimum atomic E-state index is -0.802. The highest BCUT2D eigenvalue weighted by Gasteiger charge is 2.43. The lowest BCUT2D eigenvalue weighted by atomic mass is 9.89. The van der Waals surface area contributed by atoms with E-state index in [9.17, 15) is 19.2 Å². The zero-order valence-electron chi connectivity index (χ0n) is 31.6. The summed E-state index contributed by atoms with van der Waals surface area (Å²) in [6.45, 7) is 14.6. The highest BCUT2D eigenvalue weighted by molar-refractivity contribution is 5.90. The van der Waals surface area contributed by atoms with E-state index in [1.807, 2.05) is 59.6 Å². The van der Waals surface area contributed by atoms with Crippen molar-refractivity contribution in [3.63, 3.8) is 0 Å². The molecule has 1 aromatic rings. The third-order valence-electron chi connectivity index (χ3n) is 10.2. The van der Waals surface area contributed by atoms with Crippen LogP contribution in [0.2, 0.25) is 0 Å². The maximum atomic E-state index is 14.3. The summed E-state index contributed by atoms with van der Waals surface area (Å²) in [5.41, 5.74) is 12.4. The number of likely N-dealkylation sites (N-methyl/N-ethyl adjacent to an activating group) is 2. The number of amides is 4. The lowest BCUT2D eigenvalue weighted by molar-refractivity contribution is -0.148. The number of pyridine rings is 1. The normalized spacial score (nSPS) is 19.3. The molecule has 278 valence electrons. The largest absolute Gasteiger partial charge is 0.384 e. The number of hydrogen-bond acceptors (Lipinski definition) is 9. The molecular formula is C36H63N7O6. The Kier molecular flexibility index (Phi) is 16.4. The van der Waals surface area contributed by atoms with Crippen molar-refractivity contribution in [1.82, 2.24) is 25.0 Å². The van der Waals surface area contributed by atoms with E-state index in [1.165, 1.54) is 7.11 Å². The summed E-state index contributed by atoms with van der Waals surface area (Å²) in [5.74, 6) is -1.51. The van der Waals surface area contributed by atoms with Crippen molar-refractivity contribution in [3.05, 3.63) is 23.9 Å². The summed E-state index contributed by atoms with van der Waals surface area (Å²) in [7, 11) is 6.70. The average molecular weight is 690 g/mol. The van der Waals surface area contributed by atoms with Gasteiger partial charge in [0.15, 0.2) is 0 Å². The molecule has 49 heavy (non-hydrogen) atoms. The molecule has 13 heteroatoms. The molecule has 1 fully saturated rings. The number of hydrogen-bond donors (Lipinski definition) is 3.